The molecule has 0 aliphatic carbocycles. The van der Waals surface area contributed by atoms with E-state index in [2.05, 4.69) is 48.4 Å². The Morgan fingerprint density at radius 2 is 1.94 bits per heavy atom. The van der Waals surface area contributed by atoms with Gasteiger partial charge in [0.25, 0.3) is 0 Å². The van der Waals surface area contributed by atoms with E-state index in [1.54, 1.807) is 12.4 Å². The van der Waals surface area contributed by atoms with Crippen LogP contribution < -0.4 is 21.3 Å². The van der Waals surface area contributed by atoms with Gasteiger partial charge in [-0.1, -0.05) is 0 Å². The predicted octanol–water partition coefficient (Wildman–Crippen LogP) is 4.48. The normalized spacial score (nSPS) is 15.7. The van der Waals surface area contributed by atoms with Gasteiger partial charge < -0.3 is 21.3 Å². The minimum Gasteiger partial charge on any atom is -0.340 e. The van der Waals surface area contributed by atoms with E-state index in [-0.39, 0.29) is 5.91 Å². The summed E-state index contributed by atoms with van der Waals surface area (Å²) in [6.45, 7) is 4.10. The van der Waals surface area contributed by atoms with E-state index < -0.39 is 0 Å². The van der Waals surface area contributed by atoms with Crippen LogP contribution in [0.15, 0.2) is 42.9 Å². The van der Waals surface area contributed by atoms with E-state index in [1.165, 1.54) is 0 Å². The molecule has 2 aromatic heterocycles. The molecule has 0 atom stereocenters. The van der Waals surface area contributed by atoms with E-state index in [0.717, 1.165) is 84.8 Å². The first-order valence-corrected chi connectivity index (χ1v) is 12.1. The molecule has 5 rings (SSSR count). The Bertz CT molecular complexity index is 1170. The van der Waals surface area contributed by atoms with Crippen molar-refractivity contribution < 1.29 is 4.79 Å². The summed E-state index contributed by atoms with van der Waals surface area (Å²) in [7, 11) is 0. The number of anilines is 5. The fourth-order valence-electron chi connectivity index (χ4n) is 4.58. The maximum atomic E-state index is 12.8. The molecule has 1 fully saturated rings. The van der Waals surface area contributed by atoms with Gasteiger partial charge in [-0.05, 0) is 93.4 Å². The zero-order chi connectivity index (χ0) is 23.3. The molecule has 176 valence electrons. The van der Waals surface area contributed by atoms with Crippen molar-refractivity contribution in [1.29, 1.82) is 0 Å². The molecule has 2 aliphatic rings. The molecule has 34 heavy (non-hydrogen) atoms. The zero-order valence-electron chi connectivity index (χ0n) is 19.5. The lowest BCUT2D eigenvalue weighted by Crippen LogP contribution is -2.28. The highest BCUT2D eigenvalue weighted by Gasteiger charge is 2.16. The molecule has 0 radical (unpaired) electrons. The van der Waals surface area contributed by atoms with Gasteiger partial charge in [0.2, 0.25) is 11.9 Å². The maximum Gasteiger partial charge on any atom is 0.229 e. The number of pyridine rings is 1. The quantitative estimate of drug-likeness (QED) is 0.458. The van der Waals surface area contributed by atoms with Gasteiger partial charge in [-0.2, -0.15) is 4.98 Å². The van der Waals surface area contributed by atoms with Crippen molar-refractivity contribution in [3.8, 4) is 0 Å². The van der Waals surface area contributed by atoms with E-state index in [0.29, 0.717) is 18.3 Å². The van der Waals surface area contributed by atoms with Crippen molar-refractivity contribution in [2.75, 3.05) is 29.0 Å². The van der Waals surface area contributed by atoms with Crippen molar-refractivity contribution >= 4 is 34.7 Å². The molecule has 8 heteroatoms. The van der Waals surface area contributed by atoms with Crippen LogP contribution in [0.4, 0.5) is 28.8 Å². The fraction of sp³-hybridized carbons (Fsp3) is 0.385. The van der Waals surface area contributed by atoms with Crippen molar-refractivity contribution in [2.45, 2.75) is 45.4 Å². The van der Waals surface area contributed by atoms with Crippen LogP contribution in [0.3, 0.4) is 0 Å². The van der Waals surface area contributed by atoms with Crippen molar-refractivity contribution in [3.63, 3.8) is 0 Å². The summed E-state index contributed by atoms with van der Waals surface area (Å²) in [6, 6.07) is 8.15. The molecule has 2 aliphatic heterocycles. The van der Waals surface area contributed by atoms with E-state index in [9.17, 15) is 4.79 Å². The molecule has 0 spiro atoms. The smallest absolute Gasteiger partial charge is 0.229 e. The van der Waals surface area contributed by atoms with Crippen LogP contribution in [-0.4, -0.2) is 33.9 Å². The lowest BCUT2D eigenvalue weighted by molar-refractivity contribution is -0.116. The number of nitrogens with one attached hydrogen (secondary N) is 4. The largest absolute Gasteiger partial charge is 0.340 e. The molecule has 1 saturated heterocycles. The Balaban J connectivity index is 1.38. The highest BCUT2D eigenvalue weighted by Crippen LogP contribution is 2.28. The van der Waals surface area contributed by atoms with E-state index >= 15 is 0 Å². The molecular weight excluding hydrogens is 426 g/mol. The first-order chi connectivity index (χ1) is 16.6. The van der Waals surface area contributed by atoms with Gasteiger partial charge in [-0.25, -0.2) is 4.98 Å². The number of aromatic nitrogens is 3. The number of carbonyl (C=O) groups excluding carboxylic acids is 1. The summed E-state index contributed by atoms with van der Waals surface area (Å²) in [4.78, 5) is 26.2. The maximum absolute atomic E-state index is 12.8. The molecular formula is C26H31N7O. The van der Waals surface area contributed by atoms with Gasteiger partial charge in [0.05, 0.1) is 11.9 Å². The predicted molar refractivity (Wildman–Crippen MR) is 135 cm³/mol. The Morgan fingerprint density at radius 3 is 2.82 bits per heavy atom. The lowest BCUT2D eigenvalue weighted by atomic mass is 9.93. The molecule has 1 amide bonds. The number of nitrogens with zero attached hydrogens (tertiary/aromatic N) is 3. The first kappa shape index (κ1) is 22.3. The lowest BCUT2D eigenvalue weighted by Gasteiger charge is -2.22. The topological polar surface area (TPSA) is 104 Å². The SMILES string of the molecule is Cc1cnc2nc1Nc1ccc(NC(=O)CCC3CCNCC3)c(c1)CCc1cncc(c1)N2. The Kier molecular flexibility index (Phi) is 6.67. The average Bonchev–Trinajstić information content (AvgIpc) is 2.86. The number of hydrogen-bond donors (Lipinski definition) is 4. The second kappa shape index (κ2) is 10.2. The monoisotopic (exact) mass is 457 g/mol. The van der Waals surface area contributed by atoms with Gasteiger partial charge in [0.15, 0.2) is 0 Å². The standard InChI is InChI=1S/C26H31N7O/c1-17-14-29-26-31-22-12-19(15-28-16-22)2-4-20-13-21(30-25(17)33-26)5-6-23(20)32-24(34)7-3-18-8-10-27-11-9-18/h5-6,12-16,18,27H,2-4,7-11H2,1H3,(H,32,34)(H2,29,30,31,33). The van der Waals surface area contributed by atoms with Crippen molar-refractivity contribution in [3.05, 3.63) is 59.5 Å². The first-order valence-electron chi connectivity index (χ1n) is 12.1. The van der Waals surface area contributed by atoms with Gasteiger partial charge in [0.1, 0.15) is 5.82 Å². The molecule has 4 heterocycles. The second-order valence-corrected chi connectivity index (χ2v) is 9.21. The van der Waals surface area contributed by atoms with Crippen LogP contribution in [0.1, 0.15) is 42.4 Å². The molecule has 1 aromatic carbocycles. The summed E-state index contributed by atoms with van der Waals surface area (Å²) < 4.78 is 0. The van der Waals surface area contributed by atoms with Gasteiger partial charge in [-0.3, -0.25) is 9.78 Å². The number of aryl methyl sites for hydroxylation is 3. The van der Waals surface area contributed by atoms with Crippen LogP contribution in [0.5, 0.6) is 0 Å². The van der Waals surface area contributed by atoms with Crippen LogP contribution >= 0.6 is 0 Å². The third kappa shape index (κ3) is 5.51. The summed E-state index contributed by atoms with van der Waals surface area (Å²) >= 11 is 0. The second-order valence-electron chi connectivity index (χ2n) is 9.21. The average molecular weight is 458 g/mol. The minimum atomic E-state index is 0.0857. The highest BCUT2D eigenvalue weighted by atomic mass is 16.1. The summed E-state index contributed by atoms with van der Waals surface area (Å²) in [5.74, 6) is 1.99. The van der Waals surface area contributed by atoms with Crippen molar-refractivity contribution in [1.82, 2.24) is 20.3 Å². The number of carbonyl (C=O) groups is 1. The van der Waals surface area contributed by atoms with Crippen molar-refractivity contribution in [2.24, 2.45) is 5.92 Å². The summed E-state index contributed by atoms with van der Waals surface area (Å²) in [5.41, 5.74) is 5.80. The van der Waals surface area contributed by atoms with Crippen LogP contribution in [0.25, 0.3) is 0 Å². The fourth-order valence-corrected chi connectivity index (χ4v) is 4.58. The zero-order valence-corrected chi connectivity index (χ0v) is 19.5. The number of fused-ring (bicyclic) bond motifs is 6. The van der Waals surface area contributed by atoms with Gasteiger partial charge in [0, 0.05) is 35.8 Å². The highest BCUT2D eigenvalue weighted by molar-refractivity contribution is 5.92. The van der Waals surface area contributed by atoms with E-state index in [4.69, 9.17) is 0 Å². The molecule has 8 nitrogen and oxygen atoms in total. The Labute approximate surface area is 200 Å². The molecule has 4 N–H and O–H groups in total. The molecule has 0 saturated carbocycles. The number of amides is 1. The third-order valence-electron chi connectivity index (χ3n) is 6.59. The number of benzene rings is 1. The molecule has 6 bridgehead atoms. The van der Waals surface area contributed by atoms with E-state index in [1.807, 2.05) is 25.3 Å². The molecule has 0 unspecified atom stereocenters. The van der Waals surface area contributed by atoms with Crippen LogP contribution in [-0.2, 0) is 17.6 Å². The van der Waals surface area contributed by atoms with Gasteiger partial charge in [-0.15, -0.1) is 0 Å². The molecule has 3 aromatic rings. The number of rotatable bonds is 4. The van der Waals surface area contributed by atoms with Crippen LogP contribution in [0, 0.1) is 12.8 Å². The van der Waals surface area contributed by atoms with Crippen LogP contribution in [0.2, 0.25) is 0 Å². The minimum absolute atomic E-state index is 0.0857. The summed E-state index contributed by atoms with van der Waals surface area (Å²) in [5, 5.41) is 13.2. The number of piperidine rings is 1. The summed E-state index contributed by atoms with van der Waals surface area (Å²) in [6.07, 6.45) is 10.9. The Morgan fingerprint density at radius 1 is 1.06 bits per heavy atom. The third-order valence-corrected chi connectivity index (χ3v) is 6.59. The Hall–Kier alpha value is -3.52. The number of hydrogen-bond acceptors (Lipinski definition) is 7. The van der Waals surface area contributed by atoms with Gasteiger partial charge >= 0.3 is 0 Å².